The van der Waals surface area contributed by atoms with E-state index in [0.29, 0.717) is 12.0 Å². The zero-order chi connectivity index (χ0) is 21.3. The standard InChI is InChI=1S/C28H46N2/c1-3-5-7-8-9-10-11-12-13-17-20-27(24-26-18-15-14-16-19-26)28(21-6-4-2)30-23-22-29-25-30/h14-16,18-19,22-23,25,27-28H,3-13,17,20-21,24H2,1-2H3. The molecule has 0 N–H and O–H groups in total. The molecule has 0 saturated heterocycles. The predicted octanol–water partition coefficient (Wildman–Crippen LogP) is 8.78. The number of aromatic nitrogens is 2. The van der Waals surface area contributed by atoms with Gasteiger partial charge in [-0.3, -0.25) is 0 Å². The Morgan fingerprint density at radius 2 is 1.37 bits per heavy atom. The fraction of sp³-hybridized carbons (Fsp3) is 0.679. The average molecular weight is 411 g/mol. The topological polar surface area (TPSA) is 17.8 Å². The van der Waals surface area contributed by atoms with Crippen molar-refractivity contribution in [2.24, 2.45) is 5.92 Å². The molecule has 2 rings (SSSR count). The van der Waals surface area contributed by atoms with Crippen LogP contribution in [-0.2, 0) is 6.42 Å². The zero-order valence-electron chi connectivity index (χ0n) is 19.8. The number of hydrogen-bond donors (Lipinski definition) is 0. The van der Waals surface area contributed by atoms with Crippen LogP contribution in [0.4, 0.5) is 0 Å². The molecule has 168 valence electrons. The van der Waals surface area contributed by atoms with Crippen LogP contribution in [-0.4, -0.2) is 9.55 Å². The summed E-state index contributed by atoms with van der Waals surface area (Å²) in [7, 11) is 0. The van der Waals surface area contributed by atoms with Crippen LogP contribution < -0.4 is 0 Å². The summed E-state index contributed by atoms with van der Waals surface area (Å²) >= 11 is 0. The Hall–Kier alpha value is -1.57. The van der Waals surface area contributed by atoms with Crippen LogP contribution in [0.2, 0.25) is 0 Å². The van der Waals surface area contributed by atoms with E-state index >= 15 is 0 Å². The van der Waals surface area contributed by atoms with Gasteiger partial charge in [0.2, 0.25) is 0 Å². The van der Waals surface area contributed by atoms with Crippen LogP contribution >= 0.6 is 0 Å². The minimum absolute atomic E-state index is 0.575. The number of hydrogen-bond acceptors (Lipinski definition) is 1. The van der Waals surface area contributed by atoms with Crippen molar-refractivity contribution in [1.29, 1.82) is 0 Å². The van der Waals surface area contributed by atoms with Crippen molar-refractivity contribution in [3.8, 4) is 0 Å². The number of benzene rings is 1. The first-order valence-corrected chi connectivity index (χ1v) is 12.9. The number of nitrogens with zero attached hydrogens (tertiary/aromatic N) is 2. The van der Waals surface area contributed by atoms with Crippen LogP contribution in [0, 0.1) is 5.92 Å². The second kappa shape index (κ2) is 16.2. The Labute approximate surface area is 186 Å². The van der Waals surface area contributed by atoms with Crippen molar-refractivity contribution in [2.45, 2.75) is 116 Å². The van der Waals surface area contributed by atoms with Gasteiger partial charge in [0, 0.05) is 18.4 Å². The Bertz CT molecular complexity index is 605. The van der Waals surface area contributed by atoms with Gasteiger partial charge in [-0.05, 0) is 30.7 Å². The fourth-order valence-electron chi connectivity index (χ4n) is 4.75. The van der Waals surface area contributed by atoms with Gasteiger partial charge in [0.05, 0.1) is 6.33 Å². The summed E-state index contributed by atoms with van der Waals surface area (Å²) in [6.07, 6.45) is 26.6. The van der Waals surface area contributed by atoms with Gasteiger partial charge >= 0.3 is 0 Å². The van der Waals surface area contributed by atoms with E-state index in [-0.39, 0.29) is 0 Å². The first-order chi connectivity index (χ1) is 14.8. The van der Waals surface area contributed by atoms with Gasteiger partial charge in [-0.15, -0.1) is 0 Å². The summed E-state index contributed by atoms with van der Waals surface area (Å²) in [5.74, 6) is 0.696. The van der Waals surface area contributed by atoms with Crippen molar-refractivity contribution >= 4 is 0 Å². The lowest BCUT2D eigenvalue weighted by Gasteiger charge is -2.29. The van der Waals surface area contributed by atoms with Gasteiger partial charge in [-0.25, -0.2) is 4.98 Å². The molecule has 0 spiro atoms. The van der Waals surface area contributed by atoms with Gasteiger partial charge < -0.3 is 4.57 Å². The number of imidazole rings is 1. The normalized spacial score (nSPS) is 13.4. The fourth-order valence-corrected chi connectivity index (χ4v) is 4.75. The highest BCUT2D eigenvalue weighted by Gasteiger charge is 2.22. The van der Waals surface area contributed by atoms with E-state index in [4.69, 9.17) is 0 Å². The maximum atomic E-state index is 4.36. The molecule has 0 bridgehead atoms. The molecule has 2 nitrogen and oxygen atoms in total. The number of unbranched alkanes of at least 4 members (excludes halogenated alkanes) is 10. The van der Waals surface area contributed by atoms with E-state index in [1.165, 1.54) is 102 Å². The largest absolute Gasteiger partial charge is 0.334 e. The Morgan fingerprint density at radius 3 is 1.97 bits per heavy atom. The van der Waals surface area contributed by atoms with Gasteiger partial charge in [0.25, 0.3) is 0 Å². The second-order valence-corrected chi connectivity index (χ2v) is 9.14. The van der Waals surface area contributed by atoms with Gasteiger partial charge in [0.15, 0.2) is 0 Å². The predicted molar refractivity (Wildman–Crippen MR) is 131 cm³/mol. The van der Waals surface area contributed by atoms with Gasteiger partial charge in [-0.2, -0.15) is 0 Å². The van der Waals surface area contributed by atoms with E-state index in [0.717, 1.165) is 0 Å². The molecule has 1 aromatic heterocycles. The molecule has 2 unspecified atom stereocenters. The highest BCUT2D eigenvalue weighted by molar-refractivity contribution is 5.15. The van der Waals surface area contributed by atoms with Crippen LogP contribution in [0.15, 0.2) is 49.1 Å². The summed E-state index contributed by atoms with van der Waals surface area (Å²) in [4.78, 5) is 4.36. The minimum atomic E-state index is 0.575. The SMILES string of the molecule is CCCCCCCCCCCCC(Cc1ccccc1)C(CCCC)n1ccnc1. The van der Waals surface area contributed by atoms with E-state index in [2.05, 4.69) is 59.9 Å². The van der Waals surface area contributed by atoms with Crippen LogP contribution in [0.3, 0.4) is 0 Å². The van der Waals surface area contributed by atoms with Crippen molar-refractivity contribution < 1.29 is 0 Å². The molecular weight excluding hydrogens is 364 g/mol. The summed E-state index contributed by atoms with van der Waals surface area (Å²) < 4.78 is 2.39. The molecule has 2 heteroatoms. The molecule has 30 heavy (non-hydrogen) atoms. The lowest BCUT2D eigenvalue weighted by atomic mass is 9.84. The van der Waals surface area contributed by atoms with Crippen molar-refractivity contribution in [1.82, 2.24) is 9.55 Å². The molecule has 0 radical (unpaired) electrons. The molecule has 0 saturated carbocycles. The van der Waals surface area contributed by atoms with E-state index in [9.17, 15) is 0 Å². The third kappa shape index (κ3) is 9.96. The van der Waals surface area contributed by atoms with E-state index < -0.39 is 0 Å². The maximum absolute atomic E-state index is 4.36. The minimum Gasteiger partial charge on any atom is -0.334 e. The smallest absolute Gasteiger partial charge is 0.0948 e. The third-order valence-corrected chi connectivity index (χ3v) is 6.57. The Kier molecular flexibility index (Phi) is 13.3. The van der Waals surface area contributed by atoms with Crippen LogP contribution in [0.25, 0.3) is 0 Å². The molecule has 0 fully saturated rings. The van der Waals surface area contributed by atoms with Crippen molar-refractivity contribution in [2.75, 3.05) is 0 Å². The summed E-state index contributed by atoms with van der Waals surface area (Å²) in [6, 6.07) is 11.7. The highest BCUT2D eigenvalue weighted by Crippen LogP contribution is 2.32. The van der Waals surface area contributed by atoms with Gasteiger partial charge in [0.1, 0.15) is 0 Å². The summed E-state index contributed by atoms with van der Waals surface area (Å²) in [5.41, 5.74) is 1.48. The lowest BCUT2D eigenvalue weighted by Crippen LogP contribution is -2.21. The van der Waals surface area contributed by atoms with Crippen molar-refractivity contribution in [3.63, 3.8) is 0 Å². The molecule has 0 amide bonds. The number of rotatable bonds is 18. The van der Waals surface area contributed by atoms with E-state index in [1.54, 1.807) is 0 Å². The average Bonchev–Trinajstić information content (AvgIpc) is 3.30. The quantitative estimate of drug-likeness (QED) is 0.224. The Morgan fingerprint density at radius 1 is 0.733 bits per heavy atom. The lowest BCUT2D eigenvalue weighted by molar-refractivity contribution is 0.277. The highest BCUT2D eigenvalue weighted by atomic mass is 15.1. The summed E-state index contributed by atoms with van der Waals surface area (Å²) in [6.45, 7) is 4.60. The van der Waals surface area contributed by atoms with Gasteiger partial charge in [-0.1, -0.05) is 121 Å². The first kappa shape index (κ1) is 24.7. The molecule has 0 aliphatic heterocycles. The maximum Gasteiger partial charge on any atom is 0.0948 e. The Balaban J connectivity index is 1.82. The summed E-state index contributed by atoms with van der Waals surface area (Å²) in [5, 5.41) is 0. The monoisotopic (exact) mass is 410 g/mol. The first-order valence-electron chi connectivity index (χ1n) is 12.9. The molecule has 2 atom stereocenters. The molecule has 2 aromatic rings. The zero-order valence-corrected chi connectivity index (χ0v) is 19.8. The second-order valence-electron chi connectivity index (χ2n) is 9.14. The van der Waals surface area contributed by atoms with Crippen molar-refractivity contribution in [3.05, 3.63) is 54.6 Å². The van der Waals surface area contributed by atoms with E-state index in [1.807, 2.05) is 12.5 Å². The molecular formula is C28H46N2. The molecule has 0 aliphatic rings. The molecule has 1 aromatic carbocycles. The third-order valence-electron chi connectivity index (χ3n) is 6.57. The van der Waals surface area contributed by atoms with Crippen LogP contribution in [0.5, 0.6) is 0 Å². The molecule has 1 heterocycles. The molecule has 0 aliphatic carbocycles. The van der Waals surface area contributed by atoms with Crippen LogP contribution in [0.1, 0.15) is 115 Å².